The van der Waals surface area contributed by atoms with Gasteiger partial charge in [-0.05, 0) is 25.0 Å². The average molecular weight is 271 g/mol. The first kappa shape index (κ1) is 14.9. The molecule has 0 spiro atoms. The molecule has 1 rings (SSSR count). The maximum Gasteiger partial charge on any atom is 0.254 e. The van der Waals surface area contributed by atoms with Crippen molar-refractivity contribution < 1.29 is 18.8 Å². The van der Waals surface area contributed by atoms with Crippen molar-refractivity contribution in [1.82, 2.24) is 5.32 Å². The fourth-order valence-corrected chi connectivity index (χ4v) is 1.46. The minimum absolute atomic E-state index is 0.113. The summed E-state index contributed by atoms with van der Waals surface area (Å²) in [5, 5.41) is 13.6. The van der Waals surface area contributed by atoms with Gasteiger partial charge in [-0.25, -0.2) is 8.78 Å². The zero-order valence-corrected chi connectivity index (χ0v) is 10.2. The van der Waals surface area contributed by atoms with E-state index in [4.69, 9.17) is 10.9 Å². The third-order valence-electron chi connectivity index (χ3n) is 2.47. The van der Waals surface area contributed by atoms with Crippen LogP contribution in [0.1, 0.15) is 29.6 Å². The molecule has 0 atom stereocenters. The van der Waals surface area contributed by atoms with Crippen LogP contribution in [-0.4, -0.2) is 23.5 Å². The number of nitrogens with zero attached hydrogens (tertiary/aromatic N) is 1. The second-order valence-electron chi connectivity index (χ2n) is 3.91. The van der Waals surface area contributed by atoms with Crippen LogP contribution in [0.3, 0.4) is 0 Å². The van der Waals surface area contributed by atoms with Crippen LogP contribution in [0.2, 0.25) is 0 Å². The highest BCUT2D eigenvalue weighted by Gasteiger charge is 2.14. The number of amidine groups is 1. The Hall–Kier alpha value is -2.18. The molecule has 0 heterocycles. The van der Waals surface area contributed by atoms with Crippen molar-refractivity contribution in [3.63, 3.8) is 0 Å². The van der Waals surface area contributed by atoms with Crippen molar-refractivity contribution in [3.05, 3.63) is 35.4 Å². The van der Waals surface area contributed by atoms with Crippen LogP contribution in [0.4, 0.5) is 8.78 Å². The normalized spacial score (nSPS) is 11.4. The molecule has 19 heavy (non-hydrogen) atoms. The number of benzene rings is 1. The van der Waals surface area contributed by atoms with Gasteiger partial charge in [-0.1, -0.05) is 11.2 Å². The Kier molecular flexibility index (Phi) is 5.72. The van der Waals surface area contributed by atoms with Gasteiger partial charge in [-0.15, -0.1) is 0 Å². The van der Waals surface area contributed by atoms with Gasteiger partial charge in [-0.2, -0.15) is 0 Å². The third-order valence-corrected chi connectivity index (χ3v) is 2.47. The zero-order chi connectivity index (χ0) is 14.3. The number of hydrogen-bond donors (Lipinski definition) is 3. The number of amides is 1. The highest BCUT2D eigenvalue weighted by atomic mass is 19.2. The predicted molar refractivity (Wildman–Crippen MR) is 66.0 cm³/mol. The summed E-state index contributed by atoms with van der Waals surface area (Å²) in [4.78, 5) is 11.6. The van der Waals surface area contributed by atoms with Gasteiger partial charge >= 0.3 is 0 Å². The number of nitrogens with one attached hydrogen (secondary N) is 1. The number of carbonyl (C=O) groups excluding carboxylic acids is 1. The second kappa shape index (κ2) is 7.30. The lowest BCUT2D eigenvalue weighted by Crippen LogP contribution is -2.26. The minimum atomic E-state index is -1.16. The molecule has 0 aliphatic rings. The number of hydrogen-bond acceptors (Lipinski definition) is 3. The number of oxime groups is 1. The van der Waals surface area contributed by atoms with Crippen molar-refractivity contribution in [2.24, 2.45) is 10.9 Å². The highest BCUT2D eigenvalue weighted by Crippen LogP contribution is 2.11. The van der Waals surface area contributed by atoms with Crippen LogP contribution in [-0.2, 0) is 0 Å². The highest BCUT2D eigenvalue weighted by molar-refractivity contribution is 5.94. The minimum Gasteiger partial charge on any atom is -0.409 e. The molecule has 4 N–H and O–H groups in total. The van der Waals surface area contributed by atoms with Gasteiger partial charge in [0.25, 0.3) is 5.91 Å². The summed E-state index contributed by atoms with van der Waals surface area (Å²) in [6, 6.07) is 3.43. The number of nitrogens with two attached hydrogens (primary N) is 1. The van der Waals surface area contributed by atoms with E-state index < -0.39 is 17.5 Å². The molecule has 0 aliphatic heterocycles. The fourth-order valence-electron chi connectivity index (χ4n) is 1.46. The van der Waals surface area contributed by atoms with E-state index in [1.807, 2.05) is 0 Å². The molecule has 1 aromatic rings. The summed E-state index contributed by atoms with van der Waals surface area (Å²) >= 11 is 0. The van der Waals surface area contributed by atoms with Crippen molar-refractivity contribution in [2.75, 3.05) is 6.54 Å². The van der Waals surface area contributed by atoms with Gasteiger partial charge in [0.1, 0.15) is 5.84 Å². The van der Waals surface area contributed by atoms with Crippen LogP contribution in [0.5, 0.6) is 0 Å². The number of rotatable bonds is 6. The Balaban J connectivity index is 2.38. The van der Waals surface area contributed by atoms with Crippen molar-refractivity contribution in [2.45, 2.75) is 19.3 Å². The largest absolute Gasteiger partial charge is 0.409 e. The van der Waals surface area contributed by atoms with E-state index >= 15 is 0 Å². The second-order valence-corrected chi connectivity index (χ2v) is 3.91. The van der Waals surface area contributed by atoms with Crippen LogP contribution in [0.25, 0.3) is 0 Å². The topological polar surface area (TPSA) is 87.7 Å². The molecule has 0 bridgehead atoms. The molecule has 1 aromatic carbocycles. The molecular formula is C12H15F2N3O2. The standard InChI is InChI=1S/C12H15F2N3O2/c13-9-5-3-4-8(11(9)14)12(18)16-7-2-1-6-10(15)17-19/h3-5,19H,1-2,6-7H2,(H2,15,17)(H,16,18). The fraction of sp³-hybridized carbons (Fsp3) is 0.333. The zero-order valence-electron chi connectivity index (χ0n) is 10.2. The molecule has 7 heteroatoms. The van der Waals surface area contributed by atoms with E-state index in [9.17, 15) is 13.6 Å². The number of halogens is 2. The van der Waals surface area contributed by atoms with E-state index in [1.54, 1.807) is 0 Å². The van der Waals surface area contributed by atoms with Gasteiger partial charge < -0.3 is 16.3 Å². The van der Waals surface area contributed by atoms with Gasteiger partial charge in [0.2, 0.25) is 0 Å². The van der Waals surface area contributed by atoms with Crippen molar-refractivity contribution in [3.8, 4) is 0 Å². The van der Waals surface area contributed by atoms with Gasteiger partial charge in [0.15, 0.2) is 11.6 Å². The van der Waals surface area contributed by atoms with E-state index in [-0.39, 0.29) is 11.4 Å². The molecule has 0 aromatic heterocycles. The number of unbranched alkanes of at least 4 members (excludes halogenated alkanes) is 1. The Morgan fingerprint density at radius 1 is 1.37 bits per heavy atom. The predicted octanol–water partition coefficient (Wildman–Crippen LogP) is 1.61. The molecule has 1 amide bonds. The van der Waals surface area contributed by atoms with Crippen LogP contribution in [0.15, 0.2) is 23.4 Å². The van der Waals surface area contributed by atoms with Gasteiger partial charge in [0.05, 0.1) is 5.56 Å². The van der Waals surface area contributed by atoms with Crippen molar-refractivity contribution in [1.29, 1.82) is 0 Å². The summed E-state index contributed by atoms with van der Waals surface area (Å²) < 4.78 is 26.2. The van der Waals surface area contributed by atoms with E-state index in [0.717, 1.165) is 6.07 Å². The molecule has 0 aliphatic carbocycles. The molecule has 0 fully saturated rings. The quantitative estimate of drug-likeness (QED) is 0.241. The van der Waals surface area contributed by atoms with Crippen LogP contribution in [0, 0.1) is 11.6 Å². The maximum absolute atomic E-state index is 13.3. The average Bonchev–Trinajstić information content (AvgIpc) is 2.40. The summed E-state index contributed by atoms with van der Waals surface area (Å²) in [5.41, 5.74) is 4.94. The summed E-state index contributed by atoms with van der Waals surface area (Å²) in [5.74, 6) is -2.76. The van der Waals surface area contributed by atoms with Crippen LogP contribution < -0.4 is 11.1 Å². The summed E-state index contributed by atoms with van der Waals surface area (Å²) in [6.07, 6.45) is 1.60. The Bertz CT molecular complexity index is 478. The smallest absolute Gasteiger partial charge is 0.254 e. The molecule has 0 saturated carbocycles. The Morgan fingerprint density at radius 3 is 2.79 bits per heavy atom. The first-order valence-corrected chi connectivity index (χ1v) is 5.75. The number of carbonyl (C=O) groups is 1. The van der Waals surface area contributed by atoms with E-state index in [0.29, 0.717) is 25.8 Å². The lowest BCUT2D eigenvalue weighted by molar-refractivity contribution is 0.0948. The SMILES string of the molecule is NC(CCCCNC(=O)c1cccc(F)c1F)=NO. The van der Waals surface area contributed by atoms with Gasteiger partial charge in [0, 0.05) is 13.0 Å². The first-order valence-electron chi connectivity index (χ1n) is 5.75. The summed E-state index contributed by atoms with van der Waals surface area (Å²) in [7, 11) is 0. The van der Waals surface area contributed by atoms with Gasteiger partial charge in [-0.3, -0.25) is 4.79 Å². The monoisotopic (exact) mass is 271 g/mol. The molecular weight excluding hydrogens is 256 g/mol. The lowest BCUT2D eigenvalue weighted by Gasteiger charge is -2.06. The Morgan fingerprint density at radius 2 is 2.11 bits per heavy atom. The molecule has 0 saturated heterocycles. The van der Waals surface area contributed by atoms with Crippen molar-refractivity contribution >= 4 is 11.7 Å². The first-order chi connectivity index (χ1) is 9.06. The maximum atomic E-state index is 13.3. The molecule has 0 radical (unpaired) electrons. The lowest BCUT2D eigenvalue weighted by atomic mass is 10.2. The van der Waals surface area contributed by atoms with E-state index in [1.165, 1.54) is 12.1 Å². The molecule has 0 unspecified atom stereocenters. The molecule has 104 valence electrons. The Labute approximate surface area is 109 Å². The van der Waals surface area contributed by atoms with E-state index in [2.05, 4.69) is 10.5 Å². The third kappa shape index (κ3) is 4.53. The molecule has 5 nitrogen and oxygen atoms in total. The van der Waals surface area contributed by atoms with Crippen LogP contribution >= 0.6 is 0 Å². The summed E-state index contributed by atoms with van der Waals surface area (Å²) in [6.45, 7) is 0.299.